The Morgan fingerprint density at radius 3 is 2.43 bits per heavy atom. The number of nitrogens with two attached hydrogens (primary N) is 1. The average Bonchev–Trinajstić information content (AvgIpc) is 2.49. The molecule has 1 amide bonds. The highest BCUT2D eigenvalue weighted by Crippen LogP contribution is 2.11. The zero-order valence-electron chi connectivity index (χ0n) is 13.4. The van der Waals surface area contributed by atoms with Crippen LogP contribution < -0.4 is 5.73 Å². The molecule has 1 rings (SSSR count). The van der Waals surface area contributed by atoms with Gasteiger partial charge in [-0.1, -0.05) is 31.6 Å². The van der Waals surface area contributed by atoms with E-state index in [-0.39, 0.29) is 11.9 Å². The molecule has 3 heteroatoms. The molecule has 0 atom stereocenters. The van der Waals surface area contributed by atoms with Gasteiger partial charge in [-0.3, -0.25) is 4.79 Å². The SMILES string of the molecule is CCCCCN(C(=O)c1ccc(C#CCN)cc1)C(C)C. The van der Waals surface area contributed by atoms with Crippen molar-refractivity contribution in [3.8, 4) is 11.8 Å². The van der Waals surface area contributed by atoms with Gasteiger partial charge in [-0.05, 0) is 44.5 Å². The molecule has 0 fully saturated rings. The number of rotatable bonds is 6. The van der Waals surface area contributed by atoms with Crippen LogP contribution in [0.3, 0.4) is 0 Å². The summed E-state index contributed by atoms with van der Waals surface area (Å²) in [5.74, 6) is 5.87. The van der Waals surface area contributed by atoms with E-state index in [4.69, 9.17) is 5.73 Å². The quantitative estimate of drug-likeness (QED) is 0.645. The Labute approximate surface area is 128 Å². The van der Waals surface area contributed by atoms with Crippen LogP contribution in [-0.2, 0) is 0 Å². The van der Waals surface area contributed by atoms with Crippen LogP contribution >= 0.6 is 0 Å². The summed E-state index contributed by atoms with van der Waals surface area (Å²) in [6.45, 7) is 7.46. The largest absolute Gasteiger partial charge is 0.336 e. The first-order valence-electron chi connectivity index (χ1n) is 7.70. The molecule has 21 heavy (non-hydrogen) atoms. The Balaban J connectivity index is 2.78. The van der Waals surface area contributed by atoms with Gasteiger partial charge in [0.2, 0.25) is 0 Å². The van der Waals surface area contributed by atoms with Crippen molar-refractivity contribution in [1.82, 2.24) is 4.90 Å². The Morgan fingerprint density at radius 2 is 1.90 bits per heavy atom. The van der Waals surface area contributed by atoms with Crippen molar-refractivity contribution in [1.29, 1.82) is 0 Å². The lowest BCUT2D eigenvalue weighted by Gasteiger charge is -2.27. The van der Waals surface area contributed by atoms with Gasteiger partial charge in [0, 0.05) is 23.7 Å². The fourth-order valence-corrected chi connectivity index (χ4v) is 2.14. The first kappa shape index (κ1) is 17.3. The maximum atomic E-state index is 12.6. The predicted octanol–water partition coefficient (Wildman–Crippen LogP) is 3.04. The van der Waals surface area contributed by atoms with Crippen molar-refractivity contribution in [2.24, 2.45) is 5.73 Å². The van der Waals surface area contributed by atoms with Crippen molar-refractivity contribution in [2.45, 2.75) is 46.1 Å². The first-order chi connectivity index (χ1) is 10.1. The Hall–Kier alpha value is -1.79. The molecule has 0 aromatic heterocycles. The van der Waals surface area contributed by atoms with Crippen LogP contribution in [0.25, 0.3) is 0 Å². The fourth-order valence-electron chi connectivity index (χ4n) is 2.14. The molecule has 0 aliphatic rings. The number of carbonyl (C=O) groups is 1. The van der Waals surface area contributed by atoms with E-state index < -0.39 is 0 Å². The van der Waals surface area contributed by atoms with Crippen molar-refractivity contribution in [2.75, 3.05) is 13.1 Å². The third-order valence-corrected chi connectivity index (χ3v) is 3.35. The fraction of sp³-hybridized carbons (Fsp3) is 0.500. The average molecular weight is 286 g/mol. The summed E-state index contributed by atoms with van der Waals surface area (Å²) in [5.41, 5.74) is 6.96. The third kappa shape index (κ3) is 5.61. The molecule has 0 aliphatic carbocycles. The Bertz CT molecular complexity index is 494. The van der Waals surface area contributed by atoms with Gasteiger partial charge in [-0.15, -0.1) is 0 Å². The zero-order chi connectivity index (χ0) is 15.7. The smallest absolute Gasteiger partial charge is 0.254 e. The second-order valence-corrected chi connectivity index (χ2v) is 5.38. The third-order valence-electron chi connectivity index (χ3n) is 3.35. The normalized spacial score (nSPS) is 10.1. The van der Waals surface area contributed by atoms with E-state index in [2.05, 4.69) is 32.6 Å². The summed E-state index contributed by atoms with van der Waals surface area (Å²) >= 11 is 0. The molecule has 0 unspecified atom stereocenters. The monoisotopic (exact) mass is 286 g/mol. The number of unbranched alkanes of at least 4 members (excludes halogenated alkanes) is 2. The summed E-state index contributed by atoms with van der Waals surface area (Å²) in [7, 11) is 0. The van der Waals surface area contributed by atoms with Crippen LogP contribution in [0.15, 0.2) is 24.3 Å². The van der Waals surface area contributed by atoms with Gasteiger partial charge in [0.25, 0.3) is 5.91 Å². The van der Waals surface area contributed by atoms with E-state index >= 15 is 0 Å². The van der Waals surface area contributed by atoms with Crippen LogP contribution in [0.1, 0.15) is 56.0 Å². The van der Waals surface area contributed by atoms with Crippen LogP contribution in [-0.4, -0.2) is 29.9 Å². The number of benzene rings is 1. The maximum Gasteiger partial charge on any atom is 0.254 e. The molecule has 3 nitrogen and oxygen atoms in total. The van der Waals surface area contributed by atoms with E-state index in [0.717, 1.165) is 36.9 Å². The number of hydrogen-bond donors (Lipinski definition) is 1. The van der Waals surface area contributed by atoms with Crippen molar-refractivity contribution in [3.05, 3.63) is 35.4 Å². The first-order valence-corrected chi connectivity index (χ1v) is 7.70. The molecule has 0 saturated heterocycles. The predicted molar refractivity (Wildman–Crippen MR) is 88.1 cm³/mol. The molecule has 1 aromatic carbocycles. The van der Waals surface area contributed by atoms with Crippen LogP contribution in [0.2, 0.25) is 0 Å². The number of hydrogen-bond acceptors (Lipinski definition) is 2. The lowest BCUT2D eigenvalue weighted by Crippen LogP contribution is -2.37. The lowest BCUT2D eigenvalue weighted by molar-refractivity contribution is 0.0702. The van der Waals surface area contributed by atoms with E-state index in [1.807, 2.05) is 29.2 Å². The molecule has 0 heterocycles. The molecular weight excluding hydrogens is 260 g/mol. The zero-order valence-corrected chi connectivity index (χ0v) is 13.4. The molecule has 0 saturated carbocycles. The highest BCUT2D eigenvalue weighted by atomic mass is 16.2. The lowest BCUT2D eigenvalue weighted by atomic mass is 10.1. The summed E-state index contributed by atoms with van der Waals surface area (Å²) in [5, 5.41) is 0. The van der Waals surface area contributed by atoms with Gasteiger partial charge < -0.3 is 10.6 Å². The number of amides is 1. The summed E-state index contributed by atoms with van der Waals surface area (Å²) in [4.78, 5) is 14.5. The topological polar surface area (TPSA) is 46.3 Å². The molecular formula is C18H26N2O. The second kappa shape index (κ2) is 9.20. The van der Waals surface area contributed by atoms with Gasteiger partial charge in [0.05, 0.1) is 6.54 Å². The van der Waals surface area contributed by atoms with Gasteiger partial charge in [0.15, 0.2) is 0 Å². The van der Waals surface area contributed by atoms with Crippen LogP contribution in [0, 0.1) is 11.8 Å². The van der Waals surface area contributed by atoms with Crippen LogP contribution in [0.4, 0.5) is 0 Å². The van der Waals surface area contributed by atoms with Gasteiger partial charge in [-0.2, -0.15) is 0 Å². The van der Waals surface area contributed by atoms with Crippen molar-refractivity contribution >= 4 is 5.91 Å². The molecule has 0 bridgehead atoms. The Morgan fingerprint density at radius 1 is 1.24 bits per heavy atom. The van der Waals surface area contributed by atoms with Gasteiger partial charge >= 0.3 is 0 Å². The maximum absolute atomic E-state index is 12.6. The molecule has 1 aromatic rings. The summed E-state index contributed by atoms with van der Waals surface area (Å²) < 4.78 is 0. The summed E-state index contributed by atoms with van der Waals surface area (Å²) in [6.07, 6.45) is 3.37. The highest BCUT2D eigenvalue weighted by Gasteiger charge is 2.17. The molecule has 0 radical (unpaired) electrons. The molecule has 0 aliphatic heterocycles. The van der Waals surface area contributed by atoms with Gasteiger partial charge in [0.1, 0.15) is 0 Å². The van der Waals surface area contributed by atoms with E-state index in [1.165, 1.54) is 0 Å². The molecule has 114 valence electrons. The highest BCUT2D eigenvalue weighted by molar-refractivity contribution is 5.94. The van der Waals surface area contributed by atoms with Crippen molar-refractivity contribution in [3.63, 3.8) is 0 Å². The van der Waals surface area contributed by atoms with E-state index in [1.54, 1.807) is 0 Å². The molecule has 0 spiro atoms. The standard InChI is InChI=1S/C18H26N2O/c1-4-5-6-14-20(15(2)3)18(21)17-11-9-16(10-12-17)8-7-13-19/h9-12,15H,4-6,13-14,19H2,1-3H3. The number of carbonyl (C=O) groups excluding carboxylic acids is 1. The minimum atomic E-state index is 0.0967. The minimum Gasteiger partial charge on any atom is -0.336 e. The summed E-state index contributed by atoms with van der Waals surface area (Å²) in [6, 6.07) is 7.66. The van der Waals surface area contributed by atoms with E-state index in [0.29, 0.717) is 6.54 Å². The molecule has 2 N–H and O–H groups in total. The van der Waals surface area contributed by atoms with Crippen molar-refractivity contribution < 1.29 is 4.79 Å². The van der Waals surface area contributed by atoms with E-state index in [9.17, 15) is 4.79 Å². The number of nitrogens with zero attached hydrogens (tertiary/aromatic N) is 1. The van der Waals surface area contributed by atoms with Gasteiger partial charge in [-0.25, -0.2) is 0 Å². The van der Waals surface area contributed by atoms with Crippen LogP contribution in [0.5, 0.6) is 0 Å². The Kier molecular flexibility index (Phi) is 7.56. The second-order valence-electron chi connectivity index (χ2n) is 5.38. The minimum absolute atomic E-state index is 0.0967.